The predicted molar refractivity (Wildman–Crippen MR) is 153 cm³/mol. The third kappa shape index (κ3) is 4.68. The van der Waals surface area contributed by atoms with Gasteiger partial charge in [-0.05, 0) is 55.4 Å². The second kappa shape index (κ2) is 9.95. The largest absolute Gasteiger partial charge is 0.401 e. The van der Waals surface area contributed by atoms with Gasteiger partial charge in [-0.2, -0.15) is 0 Å². The molecule has 0 spiro atoms. The monoisotopic (exact) mass is 558 g/mol. The molecule has 0 unspecified atom stereocenters. The number of hydrogen-bond acceptors (Lipinski definition) is 6. The summed E-state index contributed by atoms with van der Waals surface area (Å²) in [6.45, 7) is 15.2. The number of ether oxygens (including phenoxy) is 2. The topological polar surface area (TPSA) is 63.2 Å². The molecule has 6 nitrogen and oxygen atoms in total. The van der Waals surface area contributed by atoms with E-state index in [1.54, 1.807) is 0 Å². The Bertz CT molecular complexity index is 1120. The Morgan fingerprint density at radius 1 is 0.921 bits per heavy atom. The highest BCUT2D eigenvalue weighted by atomic mass is 31.2. The van der Waals surface area contributed by atoms with Gasteiger partial charge in [0.2, 0.25) is 0 Å². The van der Waals surface area contributed by atoms with E-state index in [1.807, 2.05) is 27.7 Å². The molecule has 2 saturated carbocycles. The van der Waals surface area contributed by atoms with Gasteiger partial charge in [0, 0.05) is 5.41 Å². The maximum Gasteiger partial charge on any atom is 0.331 e. The first-order valence-electron chi connectivity index (χ1n) is 13.9. The summed E-state index contributed by atoms with van der Waals surface area (Å²) in [6.07, 6.45) is 0.528. The van der Waals surface area contributed by atoms with Gasteiger partial charge in [0.1, 0.15) is 6.10 Å². The van der Waals surface area contributed by atoms with Crippen LogP contribution in [0, 0.1) is 11.3 Å². The van der Waals surface area contributed by atoms with E-state index in [9.17, 15) is 4.57 Å². The second-order valence-corrected chi connectivity index (χ2v) is 18.7. The van der Waals surface area contributed by atoms with Crippen LogP contribution < -0.4 is 10.4 Å². The Hall–Kier alpha value is -1.31. The van der Waals surface area contributed by atoms with Crippen molar-refractivity contribution in [1.82, 2.24) is 0 Å². The van der Waals surface area contributed by atoms with Gasteiger partial charge < -0.3 is 22.9 Å². The zero-order chi connectivity index (χ0) is 27.4. The van der Waals surface area contributed by atoms with E-state index in [0.717, 1.165) is 6.42 Å². The molecule has 0 radical (unpaired) electrons. The van der Waals surface area contributed by atoms with Crippen LogP contribution in [0.15, 0.2) is 60.7 Å². The lowest BCUT2D eigenvalue weighted by Crippen LogP contribution is -2.68. The van der Waals surface area contributed by atoms with Crippen LogP contribution in [0.25, 0.3) is 0 Å². The Morgan fingerprint density at radius 3 is 1.92 bits per heavy atom. The van der Waals surface area contributed by atoms with Gasteiger partial charge in [-0.1, -0.05) is 81.4 Å². The van der Waals surface area contributed by atoms with E-state index in [1.165, 1.54) is 10.4 Å². The van der Waals surface area contributed by atoms with Gasteiger partial charge in [0.15, 0.2) is 5.79 Å². The Labute approximate surface area is 229 Å². The van der Waals surface area contributed by atoms with Crippen molar-refractivity contribution in [2.24, 2.45) is 11.3 Å². The third-order valence-electron chi connectivity index (χ3n) is 8.46. The van der Waals surface area contributed by atoms with Crippen LogP contribution in [0.2, 0.25) is 5.04 Å². The molecule has 3 aliphatic rings. The van der Waals surface area contributed by atoms with Crippen LogP contribution in [0.5, 0.6) is 0 Å². The molecular weight excluding hydrogens is 515 g/mol. The molecule has 0 aromatic heterocycles. The number of rotatable bonds is 10. The lowest BCUT2D eigenvalue weighted by atomic mass is 10.0. The van der Waals surface area contributed by atoms with Crippen LogP contribution in [0.1, 0.15) is 54.9 Å². The van der Waals surface area contributed by atoms with Crippen LogP contribution >= 0.6 is 7.60 Å². The van der Waals surface area contributed by atoms with Crippen LogP contribution in [-0.2, 0) is 27.5 Å². The van der Waals surface area contributed by atoms with Gasteiger partial charge in [-0.15, -0.1) is 0 Å². The summed E-state index contributed by atoms with van der Waals surface area (Å²) in [7, 11) is -6.11. The van der Waals surface area contributed by atoms with Crippen molar-refractivity contribution in [3.63, 3.8) is 0 Å². The molecule has 3 fully saturated rings. The molecule has 2 aromatic carbocycles. The third-order valence-corrected chi connectivity index (χ3v) is 15.8. The van der Waals surface area contributed by atoms with Gasteiger partial charge >= 0.3 is 7.60 Å². The minimum Gasteiger partial charge on any atom is -0.401 e. The molecular formula is C30H43O6PSi. The van der Waals surface area contributed by atoms with Crippen LogP contribution in [0.4, 0.5) is 0 Å². The molecule has 0 bridgehead atoms. The van der Waals surface area contributed by atoms with Gasteiger partial charge in [-0.3, -0.25) is 4.57 Å². The summed E-state index contributed by atoms with van der Waals surface area (Å²) >= 11 is 0. The fraction of sp³-hybridized carbons (Fsp3) is 0.600. The SMILES string of the molecule is CCOP(=O)(C[C@@]12C[C@@H]1[C@H](O[Si](c1ccccc1)(c1ccccc1)C(C)(C)C)[C@@H]1OC(C)(C)O[C@@H]12)OCC. The normalized spacial score (nSPS) is 30.2. The van der Waals surface area contributed by atoms with Crippen molar-refractivity contribution in [2.75, 3.05) is 19.4 Å². The van der Waals surface area contributed by atoms with E-state index in [0.29, 0.717) is 19.4 Å². The summed E-state index contributed by atoms with van der Waals surface area (Å²) in [5.41, 5.74) is -0.353. The molecule has 0 N–H and O–H groups in total. The van der Waals surface area contributed by atoms with Crippen molar-refractivity contribution in [2.45, 2.75) is 84.0 Å². The summed E-state index contributed by atoms with van der Waals surface area (Å²) in [5, 5.41) is 2.31. The van der Waals surface area contributed by atoms with Crippen molar-refractivity contribution >= 4 is 26.3 Å². The summed E-state index contributed by atoms with van der Waals surface area (Å²) in [6, 6.07) is 21.4. The van der Waals surface area contributed by atoms with Gasteiger partial charge in [0.25, 0.3) is 8.32 Å². The molecule has 1 aliphatic heterocycles. The predicted octanol–water partition coefficient (Wildman–Crippen LogP) is 5.74. The molecule has 2 aromatic rings. The summed E-state index contributed by atoms with van der Waals surface area (Å²) in [5.74, 6) is -0.589. The Kier molecular flexibility index (Phi) is 7.39. The maximum atomic E-state index is 13.8. The van der Waals surface area contributed by atoms with E-state index >= 15 is 0 Å². The van der Waals surface area contributed by atoms with Crippen molar-refractivity contribution in [3.05, 3.63) is 60.7 Å². The van der Waals surface area contributed by atoms with Gasteiger partial charge in [-0.25, -0.2) is 0 Å². The van der Waals surface area contributed by atoms with Crippen molar-refractivity contribution < 1.29 is 27.5 Å². The second-order valence-electron chi connectivity index (χ2n) is 12.4. The maximum absolute atomic E-state index is 13.8. The van der Waals surface area contributed by atoms with Crippen molar-refractivity contribution in [3.8, 4) is 0 Å². The van der Waals surface area contributed by atoms with E-state index in [2.05, 4.69) is 81.4 Å². The molecule has 38 heavy (non-hydrogen) atoms. The average molecular weight is 559 g/mol. The minimum absolute atomic E-state index is 0.157. The highest BCUT2D eigenvalue weighted by molar-refractivity contribution is 7.53. The highest BCUT2D eigenvalue weighted by Crippen LogP contribution is 2.73. The fourth-order valence-electron chi connectivity index (χ4n) is 7.02. The molecule has 8 heteroatoms. The lowest BCUT2D eigenvalue weighted by Gasteiger charge is -2.45. The zero-order valence-electron chi connectivity index (χ0n) is 23.8. The first-order valence-corrected chi connectivity index (χ1v) is 17.6. The lowest BCUT2D eigenvalue weighted by molar-refractivity contribution is -0.165. The highest BCUT2D eigenvalue weighted by Gasteiger charge is 2.78. The number of fused-ring (bicyclic) bond motifs is 3. The molecule has 2 aliphatic carbocycles. The van der Waals surface area contributed by atoms with E-state index < -0.39 is 21.7 Å². The number of benzene rings is 2. The fourth-order valence-corrected chi connectivity index (χ4v) is 14.1. The average Bonchev–Trinajstić information content (AvgIpc) is 3.38. The molecule has 5 atom stereocenters. The van der Waals surface area contributed by atoms with E-state index in [-0.39, 0.29) is 34.7 Å². The summed E-state index contributed by atoms with van der Waals surface area (Å²) < 4.78 is 46.0. The number of hydrogen-bond donors (Lipinski definition) is 0. The van der Waals surface area contributed by atoms with Crippen LogP contribution in [0.3, 0.4) is 0 Å². The molecule has 0 amide bonds. The molecule has 1 heterocycles. The first kappa shape index (κ1) is 28.2. The molecule has 5 rings (SSSR count). The first-order chi connectivity index (χ1) is 17.9. The minimum atomic E-state index is -3.29. The molecule has 1 saturated heterocycles. The van der Waals surface area contributed by atoms with Gasteiger partial charge in [0.05, 0.1) is 31.6 Å². The van der Waals surface area contributed by atoms with Crippen LogP contribution in [-0.4, -0.2) is 51.8 Å². The Morgan fingerprint density at radius 2 is 1.45 bits per heavy atom. The molecule has 208 valence electrons. The zero-order valence-corrected chi connectivity index (χ0v) is 25.7. The van der Waals surface area contributed by atoms with Crippen molar-refractivity contribution in [1.29, 1.82) is 0 Å². The standard InChI is InChI=1S/C30H43O6PSi/c1-8-32-37(31,33-9-2)21-30-20-24(30)25(26-27(30)35-29(6,7)34-26)36-38(28(3,4)5,22-16-12-10-13-17-22)23-18-14-11-15-19-23/h10-19,24-27H,8-9,20-21H2,1-7H3/t24-,25+,26+,27+,30+/m1/s1. The smallest absolute Gasteiger partial charge is 0.331 e. The quantitative estimate of drug-likeness (QED) is 0.274. The summed E-state index contributed by atoms with van der Waals surface area (Å²) in [4.78, 5) is 0. The van der Waals surface area contributed by atoms with E-state index in [4.69, 9.17) is 22.9 Å². The Balaban J connectivity index is 1.59.